The van der Waals surface area contributed by atoms with Crippen LogP contribution in [0.2, 0.25) is 0 Å². The van der Waals surface area contributed by atoms with E-state index in [9.17, 15) is 4.79 Å². The molecule has 2 aromatic carbocycles. The summed E-state index contributed by atoms with van der Waals surface area (Å²) in [6.45, 7) is 6.20. The van der Waals surface area contributed by atoms with Crippen LogP contribution >= 0.6 is 0 Å². The Morgan fingerprint density at radius 1 is 0.969 bits per heavy atom. The SMILES string of the molecule is COc1ccc(CN2CCN(C(C)C(=O)c3c[nH]c4ccccc34)CC2)c(OC)c1OC. The maximum absolute atomic E-state index is 13.2. The third-order valence-electron chi connectivity index (χ3n) is 6.37. The number of carbonyl (C=O) groups excluding carboxylic acids is 1. The highest BCUT2D eigenvalue weighted by molar-refractivity contribution is 6.10. The summed E-state index contributed by atoms with van der Waals surface area (Å²) in [5.41, 5.74) is 2.82. The molecule has 1 aliphatic heterocycles. The van der Waals surface area contributed by atoms with E-state index in [0.717, 1.165) is 54.8 Å². The molecule has 1 fully saturated rings. The third-order valence-corrected chi connectivity index (χ3v) is 6.37. The van der Waals surface area contributed by atoms with Crippen molar-refractivity contribution < 1.29 is 19.0 Å². The molecule has 1 atom stereocenters. The summed E-state index contributed by atoms with van der Waals surface area (Å²) in [4.78, 5) is 21.0. The molecule has 1 unspecified atom stereocenters. The predicted molar refractivity (Wildman–Crippen MR) is 125 cm³/mol. The number of H-pyrrole nitrogens is 1. The van der Waals surface area contributed by atoms with Crippen LogP contribution in [0, 0.1) is 0 Å². The molecule has 170 valence electrons. The first-order valence-electron chi connectivity index (χ1n) is 10.9. The number of carbonyl (C=O) groups is 1. The summed E-state index contributed by atoms with van der Waals surface area (Å²) in [7, 11) is 4.89. The minimum atomic E-state index is -0.160. The number of hydrogen-bond donors (Lipinski definition) is 1. The molecule has 3 aromatic rings. The van der Waals surface area contributed by atoms with E-state index in [1.54, 1.807) is 21.3 Å². The molecule has 0 bridgehead atoms. The number of benzene rings is 2. The van der Waals surface area contributed by atoms with Crippen molar-refractivity contribution in [2.24, 2.45) is 0 Å². The molecule has 4 rings (SSSR count). The number of para-hydroxylation sites is 1. The van der Waals surface area contributed by atoms with Crippen LogP contribution in [-0.2, 0) is 6.54 Å². The molecule has 0 radical (unpaired) electrons. The second-order valence-corrected chi connectivity index (χ2v) is 8.09. The average molecular weight is 438 g/mol. The molecule has 0 spiro atoms. The Labute approximate surface area is 188 Å². The van der Waals surface area contributed by atoms with Crippen LogP contribution in [0.5, 0.6) is 17.2 Å². The number of nitrogens with zero attached hydrogens (tertiary/aromatic N) is 2. The van der Waals surface area contributed by atoms with Gasteiger partial charge in [0, 0.05) is 61.0 Å². The zero-order valence-corrected chi connectivity index (χ0v) is 19.2. The van der Waals surface area contributed by atoms with E-state index < -0.39 is 0 Å². The molecule has 7 heteroatoms. The van der Waals surface area contributed by atoms with Crippen molar-refractivity contribution in [2.45, 2.75) is 19.5 Å². The second kappa shape index (κ2) is 9.63. The predicted octanol–water partition coefficient (Wildman–Crippen LogP) is 3.58. The van der Waals surface area contributed by atoms with Crippen molar-refractivity contribution in [3.05, 3.63) is 53.7 Å². The molecular formula is C25H31N3O4. The molecule has 32 heavy (non-hydrogen) atoms. The van der Waals surface area contributed by atoms with Crippen LogP contribution in [0.1, 0.15) is 22.8 Å². The van der Waals surface area contributed by atoms with Crippen LogP contribution in [0.25, 0.3) is 10.9 Å². The van der Waals surface area contributed by atoms with Gasteiger partial charge in [-0.3, -0.25) is 14.6 Å². The Kier molecular flexibility index (Phi) is 6.67. The van der Waals surface area contributed by atoms with E-state index in [0.29, 0.717) is 17.2 Å². The van der Waals surface area contributed by atoms with Crippen molar-refractivity contribution in [3.8, 4) is 17.2 Å². The van der Waals surface area contributed by atoms with Gasteiger partial charge in [0.1, 0.15) is 0 Å². The van der Waals surface area contributed by atoms with Crippen molar-refractivity contribution in [1.29, 1.82) is 0 Å². The van der Waals surface area contributed by atoms with Gasteiger partial charge in [0.05, 0.1) is 27.4 Å². The van der Waals surface area contributed by atoms with Gasteiger partial charge >= 0.3 is 0 Å². The van der Waals surface area contributed by atoms with Gasteiger partial charge in [-0.1, -0.05) is 24.3 Å². The molecule has 1 saturated heterocycles. The Morgan fingerprint density at radius 2 is 1.69 bits per heavy atom. The summed E-state index contributed by atoms with van der Waals surface area (Å²) in [5.74, 6) is 2.14. The maximum Gasteiger partial charge on any atom is 0.203 e. The fourth-order valence-corrected chi connectivity index (χ4v) is 4.50. The van der Waals surface area contributed by atoms with E-state index in [1.165, 1.54) is 0 Å². The number of ketones is 1. The van der Waals surface area contributed by atoms with Crippen LogP contribution in [0.4, 0.5) is 0 Å². The smallest absolute Gasteiger partial charge is 0.203 e. The molecule has 1 aromatic heterocycles. The number of hydrogen-bond acceptors (Lipinski definition) is 6. The highest BCUT2D eigenvalue weighted by Crippen LogP contribution is 2.40. The molecule has 1 aliphatic rings. The van der Waals surface area contributed by atoms with E-state index in [2.05, 4.69) is 14.8 Å². The van der Waals surface area contributed by atoms with Gasteiger partial charge in [-0.05, 0) is 19.1 Å². The van der Waals surface area contributed by atoms with E-state index in [-0.39, 0.29) is 11.8 Å². The summed E-state index contributed by atoms with van der Waals surface area (Å²) >= 11 is 0. The van der Waals surface area contributed by atoms with Gasteiger partial charge in [-0.2, -0.15) is 0 Å². The molecular weight excluding hydrogens is 406 g/mol. The first-order valence-corrected chi connectivity index (χ1v) is 10.9. The summed E-state index contributed by atoms with van der Waals surface area (Å²) < 4.78 is 16.5. The van der Waals surface area contributed by atoms with Crippen molar-refractivity contribution in [1.82, 2.24) is 14.8 Å². The topological polar surface area (TPSA) is 67.0 Å². The summed E-state index contributed by atoms with van der Waals surface area (Å²) in [6, 6.07) is 11.7. The van der Waals surface area contributed by atoms with Crippen LogP contribution in [0.3, 0.4) is 0 Å². The van der Waals surface area contributed by atoms with Gasteiger partial charge in [0.25, 0.3) is 0 Å². The lowest BCUT2D eigenvalue weighted by molar-refractivity contribution is 0.0687. The quantitative estimate of drug-likeness (QED) is 0.544. The minimum absolute atomic E-state index is 0.160. The van der Waals surface area contributed by atoms with E-state index in [4.69, 9.17) is 14.2 Å². The van der Waals surface area contributed by atoms with Crippen LogP contribution in [0.15, 0.2) is 42.6 Å². The van der Waals surface area contributed by atoms with Gasteiger partial charge in [-0.25, -0.2) is 0 Å². The van der Waals surface area contributed by atoms with E-state index >= 15 is 0 Å². The first-order chi connectivity index (χ1) is 15.6. The number of rotatable bonds is 8. The van der Waals surface area contributed by atoms with E-state index in [1.807, 2.05) is 49.5 Å². The number of nitrogens with one attached hydrogen (secondary N) is 1. The fourth-order valence-electron chi connectivity index (χ4n) is 4.50. The number of piperazine rings is 1. The van der Waals surface area contributed by atoms with Gasteiger partial charge in [-0.15, -0.1) is 0 Å². The normalized spacial score (nSPS) is 16.1. The lowest BCUT2D eigenvalue weighted by atomic mass is 10.0. The minimum Gasteiger partial charge on any atom is -0.493 e. The van der Waals surface area contributed by atoms with Crippen molar-refractivity contribution in [2.75, 3.05) is 47.5 Å². The largest absolute Gasteiger partial charge is 0.493 e. The number of Topliss-reactive ketones (excluding diaryl/α,β-unsaturated/α-hetero) is 1. The summed E-state index contributed by atoms with van der Waals surface area (Å²) in [5, 5.41) is 0.989. The Bertz CT molecular complexity index is 1090. The standard InChI is InChI=1S/C25H31N3O4/c1-17(23(29)20-15-26-21-8-6-5-7-19(20)21)28-13-11-27(12-14-28)16-18-9-10-22(30-2)25(32-4)24(18)31-3/h5-10,15,17,26H,11-14,16H2,1-4H3. The lowest BCUT2D eigenvalue weighted by Gasteiger charge is -2.37. The molecule has 0 aliphatic carbocycles. The highest BCUT2D eigenvalue weighted by atomic mass is 16.5. The van der Waals surface area contributed by atoms with Crippen LogP contribution in [-0.4, -0.2) is 74.1 Å². The maximum atomic E-state index is 13.2. The van der Waals surface area contributed by atoms with Gasteiger partial charge in [0.2, 0.25) is 5.75 Å². The molecule has 0 amide bonds. The monoisotopic (exact) mass is 437 g/mol. The van der Waals surface area contributed by atoms with Crippen molar-refractivity contribution in [3.63, 3.8) is 0 Å². The van der Waals surface area contributed by atoms with Crippen LogP contribution < -0.4 is 14.2 Å². The summed E-state index contributed by atoms with van der Waals surface area (Å²) in [6.07, 6.45) is 1.84. The zero-order valence-electron chi connectivity index (χ0n) is 19.2. The number of methoxy groups -OCH3 is 3. The Balaban J connectivity index is 1.41. The Morgan fingerprint density at radius 3 is 2.38 bits per heavy atom. The van der Waals surface area contributed by atoms with Gasteiger partial charge in [0.15, 0.2) is 17.3 Å². The lowest BCUT2D eigenvalue weighted by Crippen LogP contribution is -2.51. The molecule has 1 N–H and O–H groups in total. The number of aromatic amines is 1. The fraction of sp³-hybridized carbons (Fsp3) is 0.400. The number of fused-ring (bicyclic) bond motifs is 1. The van der Waals surface area contributed by atoms with Crippen molar-refractivity contribution >= 4 is 16.7 Å². The second-order valence-electron chi connectivity index (χ2n) is 8.09. The zero-order chi connectivity index (χ0) is 22.7. The molecule has 0 saturated carbocycles. The molecule has 2 heterocycles. The van der Waals surface area contributed by atoms with Gasteiger partial charge < -0.3 is 19.2 Å². The molecule has 7 nitrogen and oxygen atoms in total. The highest BCUT2D eigenvalue weighted by Gasteiger charge is 2.28. The average Bonchev–Trinajstić information content (AvgIpc) is 3.27. The third kappa shape index (κ3) is 4.18. The Hall–Kier alpha value is -3.03. The number of aromatic nitrogens is 1. The number of ether oxygens (including phenoxy) is 3. The first kappa shape index (κ1) is 22.2.